The second kappa shape index (κ2) is 7.00. The van der Waals surface area contributed by atoms with E-state index in [0.717, 1.165) is 27.7 Å². The summed E-state index contributed by atoms with van der Waals surface area (Å²) in [7, 11) is 0. The van der Waals surface area contributed by atoms with Crippen LogP contribution in [0.25, 0.3) is 0 Å². The first kappa shape index (κ1) is 15.9. The van der Waals surface area contributed by atoms with Gasteiger partial charge >= 0.3 is 0 Å². The van der Waals surface area contributed by atoms with Gasteiger partial charge in [-0.25, -0.2) is 4.39 Å². The minimum Gasteiger partial charge on any atom is -0.389 e. The standard InChI is InChI=1S/C16H16BrFN2S/c1-10(8-11-2-4-12(18)5-3-11)20-13-6-7-14(16(19)21)15(17)9-13/h2-7,9-10,20H,8H2,1H3,(H2,19,21). The lowest BCUT2D eigenvalue weighted by molar-refractivity contribution is 0.626. The minimum atomic E-state index is -0.211. The maximum atomic E-state index is 12.9. The Labute approximate surface area is 137 Å². The summed E-state index contributed by atoms with van der Waals surface area (Å²) in [6.45, 7) is 2.08. The van der Waals surface area contributed by atoms with Crippen molar-refractivity contribution in [3.05, 3.63) is 63.9 Å². The fourth-order valence-electron chi connectivity index (χ4n) is 2.11. The van der Waals surface area contributed by atoms with Gasteiger partial charge in [0, 0.05) is 21.8 Å². The second-order valence-electron chi connectivity index (χ2n) is 4.93. The predicted molar refractivity (Wildman–Crippen MR) is 93.2 cm³/mol. The number of nitrogens with one attached hydrogen (secondary N) is 1. The van der Waals surface area contributed by atoms with Gasteiger partial charge in [-0.2, -0.15) is 0 Å². The van der Waals surface area contributed by atoms with Crippen LogP contribution in [0.15, 0.2) is 46.9 Å². The Hall–Kier alpha value is -1.46. The van der Waals surface area contributed by atoms with E-state index in [9.17, 15) is 4.39 Å². The number of halogens is 2. The van der Waals surface area contributed by atoms with Gasteiger partial charge < -0.3 is 11.1 Å². The molecule has 0 aliphatic carbocycles. The lowest BCUT2D eigenvalue weighted by atomic mass is 10.1. The SMILES string of the molecule is CC(Cc1ccc(F)cc1)Nc1ccc(C(N)=S)c(Br)c1. The predicted octanol–water partition coefficient (Wildman–Crippen LogP) is 4.27. The molecule has 0 bridgehead atoms. The highest BCUT2D eigenvalue weighted by atomic mass is 79.9. The Morgan fingerprint density at radius 3 is 2.52 bits per heavy atom. The van der Waals surface area contributed by atoms with Crippen molar-refractivity contribution in [1.29, 1.82) is 0 Å². The molecule has 0 saturated carbocycles. The van der Waals surface area contributed by atoms with Crippen LogP contribution in [0.3, 0.4) is 0 Å². The van der Waals surface area contributed by atoms with Crippen LogP contribution in [0.4, 0.5) is 10.1 Å². The van der Waals surface area contributed by atoms with Crippen LogP contribution in [0, 0.1) is 5.82 Å². The molecule has 0 aliphatic heterocycles. The summed E-state index contributed by atoms with van der Waals surface area (Å²) in [6, 6.07) is 12.6. The van der Waals surface area contributed by atoms with Crippen molar-refractivity contribution in [2.24, 2.45) is 5.73 Å². The first-order valence-corrected chi connectivity index (χ1v) is 7.76. The Morgan fingerprint density at radius 2 is 1.95 bits per heavy atom. The van der Waals surface area contributed by atoms with Gasteiger partial charge in [-0.15, -0.1) is 0 Å². The highest BCUT2D eigenvalue weighted by Gasteiger charge is 2.07. The van der Waals surface area contributed by atoms with Crippen molar-refractivity contribution in [3.63, 3.8) is 0 Å². The molecule has 110 valence electrons. The number of anilines is 1. The molecular formula is C16H16BrFN2S. The zero-order valence-corrected chi connectivity index (χ0v) is 14.0. The van der Waals surface area contributed by atoms with E-state index in [1.165, 1.54) is 12.1 Å². The monoisotopic (exact) mass is 366 g/mol. The van der Waals surface area contributed by atoms with E-state index < -0.39 is 0 Å². The topological polar surface area (TPSA) is 38.0 Å². The first-order valence-electron chi connectivity index (χ1n) is 6.56. The zero-order valence-electron chi connectivity index (χ0n) is 11.6. The minimum absolute atomic E-state index is 0.211. The van der Waals surface area contributed by atoms with E-state index in [1.807, 2.05) is 18.2 Å². The molecule has 5 heteroatoms. The van der Waals surface area contributed by atoms with Crippen LogP contribution in [0.5, 0.6) is 0 Å². The zero-order chi connectivity index (χ0) is 15.4. The van der Waals surface area contributed by atoms with E-state index in [-0.39, 0.29) is 11.9 Å². The molecule has 1 atom stereocenters. The van der Waals surface area contributed by atoms with Gasteiger partial charge in [0.15, 0.2) is 0 Å². The third-order valence-corrected chi connectivity index (χ3v) is 3.98. The first-order chi connectivity index (χ1) is 9.95. The molecule has 2 rings (SSSR count). The summed E-state index contributed by atoms with van der Waals surface area (Å²) >= 11 is 8.44. The number of hydrogen-bond donors (Lipinski definition) is 2. The molecule has 0 spiro atoms. The van der Waals surface area contributed by atoms with Crippen LogP contribution in [0.2, 0.25) is 0 Å². The second-order valence-corrected chi connectivity index (χ2v) is 6.23. The van der Waals surface area contributed by atoms with Crippen LogP contribution < -0.4 is 11.1 Å². The number of nitrogens with two attached hydrogens (primary N) is 1. The van der Waals surface area contributed by atoms with Crippen molar-refractivity contribution >= 4 is 38.8 Å². The lowest BCUT2D eigenvalue weighted by Gasteiger charge is -2.16. The lowest BCUT2D eigenvalue weighted by Crippen LogP contribution is -2.18. The quantitative estimate of drug-likeness (QED) is 0.776. The van der Waals surface area contributed by atoms with E-state index in [0.29, 0.717) is 4.99 Å². The molecule has 0 amide bonds. The fourth-order valence-corrected chi connectivity index (χ4v) is 3.02. The summed E-state index contributed by atoms with van der Waals surface area (Å²) in [5.41, 5.74) is 8.53. The summed E-state index contributed by atoms with van der Waals surface area (Å²) < 4.78 is 13.7. The summed E-state index contributed by atoms with van der Waals surface area (Å²) in [5, 5.41) is 3.40. The van der Waals surface area contributed by atoms with Gasteiger partial charge in [0.2, 0.25) is 0 Å². The molecular weight excluding hydrogens is 351 g/mol. The molecule has 0 radical (unpaired) electrons. The molecule has 2 aromatic rings. The number of rotatable bonds is 5. The molecule has 0 aliphatic rings. The molecule has 0 fully saturated rings. The maximum absolute atomic E-state index is 12.9. The van der Waals surface area contributed by atoms with Gasteiger partial charge in [0.05, 0.1) is 0 Å². The van der Waals surface area contributed by atoms with Crippen molar-refractivity contribution < 1.29 is 4.39 Å². The molecule has 0 saturated heterocycles. The molecule has 3 N–H and O–H groups in total. The van der Waals surface area contributed by atoms with E-state index >= 15 is 0 Å². The third kappa shape index (κ3) is 4.51. The molecule has 0 heterocycles. The van der Waals surface area contributed by atoms with Crippen molar-refractivity contribution in [1.82, 2.24) is 0 Å². The fraction of sp³-hybridized carbons (Fsp3) is 0.188. The van der Waals surface area contributed by atoms with E-state index in [1.54, 1.807) is 12.1 Å². The highest BCUT2D eigenvalue weighted by molar-refractivity contribution is 9.10. The Balaban J connectivity index is 2.02. The van der Waals surface area contributed by atoms with Gasteiger partial charge in [0.25, 0.3) is 0 Å². The number of thiocarbonyl (C=S) groups is 1. The smallest absolute Gasteiger partial charge is 0.123 e. The van der Waals surface area contributed by atoms with Crippen molar-refractivity contribution in [2.45, 2.75) is 19.4 Å². The van der Waals surface area contributed by atoms with Crippen molar-refractivity contribution in [3.8, 4) is 0 Å². The van der Waals surface area contributed by atoms with Gasteiger partial charge in [0.1, 0.15) is 10.8 Å². The van der Waals surface area contributed by atoms with Gasteiger partial charge in [-0.3, -0.25) is 0 Å². The largest absolute Gasteiger partial charge is 0.389 e. The van der Waals surface area contributed by atoms with Crippen LogP contribution in [0.1, 0.15) is 18.1 Å². The number of benzene rings is 2. The molecule has 0 aromatic heterocycles. The summed E-state index contributed by atoms with van der Waals surface area (Å²) in [4.78, 5) is 0.368. The Morgan fingerprint density at radius 1 is 1.29 bits per heavy atom. The average Bonchev–Trinajstić information content (AvgIpc) is 2.41. The normalized spacial score (nSPS) is 12.0. The van der Waals surface area contributed by atoms with Crippen LogP contribution in [-0.2, 0) is 6.42 Å². The Kier molecular flexibility index (Phi) is 5.31. The Bertz CT molecular complexity index is 643. The summed E-state index contributed by atoms with van der Waals surface area (Å²) in [6.07, 6.45) is 0.814. The number of hydrogen-bond acceptors (Lipinski definition) is 2. The van der Waals surface area contributed by atoms with Gasteiger partial charge in [-0.05, 0) is 65.2 Å². The van der Waals surface area contributed by atoms with Gasteiger partial charge in [-0.1, -0.05) is 24.4 Å². The van der Waals surface area contributed by atoms with Crippen molar-refractivity contribution in [2.75, 3.05) is 5.32 Å². The molecule has 21 heavy (non-hydrogen) atoms. The van der Waals surface area contributed by atoms with Crippen LogP contribution in [-0.4, -0.2) is 11.0 Å². The van der Waals surface area contributed by atoms with E-state index in [4.69, 9.17) is 18.0 Å². The third-order valence-electron chi connectivity index (χ3n) is 3.10. The average molecular weight is 367 g/mol. The molecule has 2 aromatic carbocycles. The maximum Gasteiger partial charge on any atom is 0.123 e. The van der Waals surface area contributed by atoms with E-state index in [2.05, 4.69) is 28.2 Å². The molecule has 1 unspecified atom stereocenters. The van der Waals surface area contributed by atoms with Crippen LogP contribution >= 0.6 is 28.1 Å². The highest BCUT2D eigenvalue weighted by Crippen LogP contribution is 2.22. The molecule has 2 nitrogen and oxygen atoms in total. The summed E-state index contributed by atoms with van der Waals surface area (Å²) in [5.74, 6) is -0.211.